The van der Waals surface area contributed by atoms with Gasteiger partial charge in [0.2, 0.25) is 0 Å². The molecule has 664 valence electrons. The Morgan fingerprint density at radius 1 is 0.141 bits per heavy atom. The molecule has 0 fully saturated rings. The molecule has 22 aromatic carbocycles. The number of hydrogen-bond donors (Lipinski definition) is 0. The Morgan fingerprint density at radius 2 is 0.373 bits per heavy atom. The quantitative estimate of drug-likeness (QED) is 0.109. The fourth-order valence-electron chi connectivity index (χ4n) is 22.5. The number of furan rings is 1. The smallest absolute Gasteiger partial charge is 0.139 e. The second-order valence-electron chi connectivity index (χ2n) is 37.0. The summed E-state index contributed by atoms with van der Waals surface area (Å²) in [6.07, 6.45) is 0. The van der Waals surface area contributed by atoms with Crippen molar-refractivity contribution in [3.05, 3.63) is 497 Å². The number of benzene rings is 22. The van der Waals surface area contributed by atoms with Crippen LogP contribution in [0.25, 0.3) is 252 Å². The van der Waals surface area contributed by atoms with E-state index in [0.717, 1.165) is 101 Å². The molecule has 0 bridgehead atoms. The van der Waals surface area contributed by atoms with Gasteiger partial charge in [0.05, 0.1) is 66.2 Å². The van der Waals surface area contributed by atoms with Crippen molar-refractivity contribution in [1.82, 2.24) is 27.4 Å². The van der Waals surface area contributed by atoms with Crippen molar-refractivity contribution in [2.45, 2.75) is 0 Å². The molecule has 0 saturated heterocycles. The Bertz CT molecular complexity index is 9940. The van der Waals surface area contributed by atoms with Crippen LogP contribution >= 0.6 is 11.3 Å². The van der Waals surface area contributed by atoms with Crippen LogP contribution in [-0.4, -0.2) is 27.4 Å². The van der Waals surface area contributed by atoms with E-state index in [2.05, 4.69) is 495 Å². The van der Waals surface area contributed by atoms with Gasteiger partial charge in [-0.3, -0.25) is 0 Å². The summed E-state index contributed by atoms with van der Waals surface area (Å²) in [5, 5.41) is 19.3. The minimum atomic E-state index is 0.729. The highest BCUT2D eigenvalue weighted by Gasteiger charge is 2.25. The third kappa shape index (κ3) is 13.1. The van der Waals surface area contributed by atoms with Gasteiger partial charge >= 0.3 is 0 Å². The van der Waals surface area contributed by atoms with Crippen molar-refractivity contribution in [2.75, 3.05) is 0 Å². The third-order valence-corrected chi connectivity index (χ3v) is 30.1. The van der Waals surface area contributed by atoms with Crippen LogP contribution < -0.4 is 9.47 Å². The van der Waals surface area contributed by atoms with E-state index in [1.54, 1.807) is 0 Å². The summed E-state index contributed by atoms with van der Waals surface area (Å²) in [6, 6.07) is 179. The first-order valence-corrected chi connectivity index (χ1v) is 49.1. The lowest BCUT2D eigenvalue weighted by atomic mass is 9.98. The SMILES string of the molecule is c1ccc(-n2c3ccccc3c3cc(-c4ccc5c(c4)c4cc(-c6ccc7c(c6)c6ccccc6n7-c6ccccc6)ccc4n5-c4ccc(Oc5ccc6c(c5)oc5ccccc56)cc4)ccc32)cc1.c1ccc(-n2c3ccccc3c3cc(-c4ccc5c(c4)c4cc(-c6ccc7c(c6)c6ccccc6n7-c6ccccc6)ccc4n5-c4ccc(Oc5ccc6sc7ccccc7c6c5)cc4)ccc32)cc1. The summed E-state index contributed by atoms with van der Waals surface area (Å²) in [4.78, 5) is 0. The molecule has 30 rings (SSSR count). The molecule has 0 atom stereocenters. The van der Waals surface area contributed by atoms with Crippen LogP contribution in [0.15, 0.2) is 502 Å². The van der Waals surface area contributed by atoms with Crippen LogP contribution in [0.5, 0.6) is 23.0 Å². The first-order valence-electron chi connectivity index (χ1n) is 48.3. The number of hydrogen-bond acceptors (Lipinski definition) is 4. The number of rotatable bonds is 14. The summed E-state index contributed by atoms with van der Waals surface area (Å²) in [7, 11) is 0. The highest BCUT2D eigenvalue weighted by atomic mass is 32.1. The lowest BCUT2D eigenvalue weighted by Gasteiger charge is -2.11. The predicted molar refractivity (Wildman–Crippen MR) is 594 cm³/mol. The van der Waals surface area contributed by atoms with Gasteiger partial charge in [-0.25, -0.2) is 0 Å². The van der Waals surface area contributed by atoms with E-state index in [4.69, 9.17) is 13.9 Å². The van der Waals surface area contributed by atoms with Gasteiger partial charge in [0.15, 0.2) is 0 Å². The van der Waals surface area contributed by atoms with E-state index < -0.39 is 0 Å². The molecule has 0 aliphatic heterocycles. The van der Waals surface area contributed by atoms with Crippen molar-refractivity contribution in [3.63, 3.8) is 0 Å². The maximum Gasteiger partial charge on any atom is 0.139 e. The van der Waals surface area contributed by atoms with Gasteiger partial charge in [-0.1, -0.05) is 231 Å². The van der Waals surface area contributed by atoms with Crippen LogP contribution in [0.2, 0.25) is 0 Å². The number of para-hydroxylation sites is 9. The van der Waals surface area contributed by atoms with Crippen molar-refractivity contribution in [2.24, 2.45) is 0 Å². The van der Waals surface area contributed by atoms with Gasteiger partial charge in [-0.05, 0) is 305 Å². The zero-order chi connectivity index (χ0) is 93.1. The van der Waals surface area contributed by atoms with Crippen LogP contribution in [0.4, 0.5) is 0 Å². The fraction of sp³-hybridized carbons (Fsp3) is 0. The van der Waals surface area contributed by atoms with Crippen molar-refractivity contribution >= 4 is 184 Å². The fourth-order valence-corrected chi connectivity index (χ4v) is 23.6. The Balaban J connectivity index is 0.000000136. The Morgan fingerprint density at radius 3 is 0.704 bits per heavy atom. The third-order valence-electron chi connectivity index (χ3n) is 29.0. The molecular formula is C132H82N6O3S. The van der Waals surface area contributed by atoms with Crippen molar-refractivity contribution < 1.29 is 13.9 Å². The van der Waals surface area contributed by atoms with Gasteiger partial charge in [-0.2, -0.15) is 0 Å². The monoisotopic (exact) mass is 1830 g/mol. The molecule has 142 heavy (non-hydrogen) atoms. The Kier molecular flexibility index (Phi) is 18.4. The maximum absolute atomic E-state index is 6.54. The van der Waals surface area contributed by atoms with Gasteiger partial charge < -0.3 is 41.3 Å². The molecule has 0 aliphatic carbocycles. The van der Waals surface area contributed by atoms with E-state index >= 15 is 0 Å². The van der Waals surface area contributed by atoms with E-state index in [0.29, 0.717) is 0 Å². The highest BCUT2D eigenvalue weighted by Crippen LogP contribution is 2.48. The predicted octanol–water partition coefficient (Wildman–Crippen LogP) is 36.5. The zero-order valence-corrected chi connectivity index (χ0v) is 77.5. The average molecular weight is 1830 g/mol. The Hall–Kier alpha value is -18.7. The second-order valence-corrected chi connectivity index (χ2v) is 38.1. The first-order chi connectivity index (χ1) is 70.4. The summed E-state index contributed by atoms with van der Waals surface area (Å²) in [5.74, 6) is 3.11. The molecule has 9 nitrogen and oxygen atoms in total. The first kappa shape index (κ1) is 80.5. The topological polar surface area (TPSA) is 61.2 Å². The molecule has 8 heterocycles. The Labute approximate surface area is 818 Å². The minimum absolute atomic E-state index is 0.729. The molecule has 0 radical (unpaired) electrons. The summed E-state index contributed by atoms with van der Waals surface area (Å²) in [5.41, 5.74) is 32.0. The van der Waals surface area contributed by atoms with Crippen molar-refractivity contribution in [1.29, 1.82) is 0 Å². The molecule has 0 saturated carbocycles. The number of nitrogens with zero attached hydrogens (tertiary/aromatic N) is 6. The number of fused-ring (bicyclic) bond motifs is 24. The molecule has 0 aliphatic rings. The number of aromatic nitrogens is 6. The van der Waals surface area contributed by atoms with Crippen LogP contribution in [-0.2, 0) is 0 Å². The molecule has 0 amide bonds. The maximum atomic E-state index is 6.54. The van der Waals surface area contributed by atoms with Gasteiger partial charge in [0.1, 0.15) is 34.2 Å². The van der Waals surface area contributed by atoms with Crippen LogP contribution in [0, 0.1) is 0 Å². The summed E-state index contributed by atoms with van der Waals surface area (Å²) in [6.45, 7) is 0. The molecule has 10 heteroatoms. The van der Waals surface area contributed by atoms with Gasteiger partial charge in [0, 0.05) is 136 Å². The lowest BCUT2D eigenvalue weighted by Crippen LogP contribution is -1.94. The number of thiophene rings is 1. The molecular weight excluding hydrogens is 1750 g/mol. The molecule has 8 aromatic heterocycles. The summed E-state index contributed by atoms with van der Waals surface area (Å²) >= 11 is 1.82. The van der Waals surface area contributed by atoms with E-state index in [1.807, 2.05) is 41.7 Å². The minimum Gasteiger partial charge on any atom is -0.457 e. The molecule has 30 aromatic rings. The van der Waals surface area contributed by atoms with E-state index in [-0.39, 0.29) is 0 Å². The largest absolute Gasteiger partial charge is 0.457 e. The molecule has 0 N–H and O–H groups in total. The average Bonchev–Trinajstić information content (AvgIpc) is 1.58. The lowest BCUT2D eigenvalue weighted by molar-refractivity contribution is 0.482. The number of ether oxygens (including phenoxy) is 2. The molecule has 0 unspecified atom stereocenters. The van der Waals surface area contributed by atoms with Crippen LogP contribution in [0.1, 0.15) is 0 Å². The van der Waals surface area contributed by atoms with Gasteiger partial charge in [0.25, 0.3) is 0 Å². The van der Waals surface area contributed by atoms with Crippen molar-refractivity contribution in [3.8, 4) is 102 Å². The molecule has 0 spiro atoms. The highest BCUT2D eigenvalue weighted by molar-refractivity contribution is 7.25. The van der Waals surface area contributed by atoms with E-state index in [9.17, 15) is 0 Å². The standard InChI is InChI=1S/C66H41N3O2.C66H41N3OS/c1-3-13-46(14-4-1)67-59-20-10-7-17-51(59)55-37-42(23-33-61(55)67)44-25-35-63-57(39-44)58-40-45(43-24-34-62-56(38-43)52-18-8-11-21-60(52)68(62)47-15-5-2-6-16-47)26-36-64(58)69(63)48-27-29-49(30-28-48)70-50-31-32-54-53-19-9-12-22-65(53)71-66(54)41-50;1-3-13-46(14-4-1)67-59-20-10-7-17-51(59)54-37-42(23-32-61(54)67)44-25-34-63-56(39-44)57-40-45(43-24-33-62-55(38-43)52-18-8-11-21-60(52)68(62)47-15-5-2-6-16-47)26-35-64(57)69(63)48-27-29-49(30-28-48)70-50-31-36-66-58(41-50)53-19-9-12-22-65(53)71-66/h2*1-41H. The summed E-state index contributed by atoms with van der Waals surface area (Å²) < 4.78 is 36.0. The normalized spacial score (nSPS) is 11.9. The van der Waals surface area contributed by atoms with Crippen LogP contribution in [0.3, 0.4) is 0 Å². The second kappa shape index (κ2) is 32.5. The zero-order valence-electron chi connectivity index (χ0n) is 76.7. The van der Waals surface area contributed by atoms with E-state index in [1.165, 1.54) is 173 Å². The van der Waals surface area contributed by atoms with Gasteiger partial charge in [-0.15, -0.1) is 11.3 Å².